The van der Waals surface area contributed by atoms with Gasteiger partial charge in [0.05, 0.1) is 12.8 Å². The van der Waals surface area contributed by atoms with E-state index in [1.807, 2.05) is 7.05 Å². The number of ether oxygens (including phenoxy) is 1. The van der Waals surface area contributed by atoms with Gasteiger partial charge in [0.15, 0.2) is 0 Å². The van der Waals surface area contributed by atoms with Crippen LogP contribution in [0.4, 0.5) is 5.69 Å². The first-order chi connectivity index (χ1) is 10.1. The molecule has 0 bridgehead atoms. The summed E-state index contributed by atoms with van der Waals surface area (Å²) in [5.41, 5.74) is 1.39. The Morgan fingerprint density at radius 2 is 1.90 bits per heavy atom. The van der Waals surface area contributed by atoms with Gasteiger partial charge in [-0.25, -0.2) is 8.42 Å². The number of aromatic nitrogens is 1. The second-order valence-electron chi connectivity index (χ2n) is 4.36. The molecule has 0 radical (unpaired) electrons. The predicted octanol–water partition coefficient (Wildman–Crippen LogP) is 1.61. The van der Waals surface area contributed by atoms with Gasteiger partial charge >= 0.3 is 0 Å². The maximum Gasteiger partial charge on any atom is 0.265 e. The van der Waals surface area contributed by atoms with Gasteiger partial charge in [0.25, 0.3) is 10.0 Å². The molecule has 0 saturated carbocycles. The van der Waals surface area contributed by atoms with Gasteiger partial charge in [-0.05, 0) is 36.9 Å². The molecule has 6 nitrogen and oxygen atoms in total. The number of nitrogens with zero attached hydrogens (tertiary/aromatic N) is 1. The minimum Gasteiger partial charge on any atom is -0.495 e. The largest absolute Gasteiger partial charge is 0.495 e. The molecule has 1 heterocycles. The van der Waals surface area contributed by atoms with Gasteiger partial charge in [-0.3, -0.25) is 9.71 Å². The van der Waals surface area contributed by atoms with Gasteiger partial charge in [0.2, 0.25) is 0 Å². The van der Waals surface area contributed by atoms with Gasteiger partial charge in [-0.1, -0.05) is 6.07 Å². The molecule has 2 N–H and O–H groups in total. The van der Waals surface area contributed by atoms with E-state index in [2.05, 4.69) is 15.0 Å². The number of benzene rings is 1. The number of anilines is 1. The Morgan fingerprint density at radius 3 is 2.52 bits per heavy atom. The van der Waals surface area contributed by atoms with Gasteiger partial charge in [0.1, 0.15) is 10.6 Å². The Kier molecular flexibility index (Phi) is 4.77. The van der Waals surface area contributed by atoms with E-state index in [0.29, 0.717) is 18.0 Å². The Hall–Kier alpha value is -2.12. The van der Waals surface area contributed by atoms with Crippen molar-refractivity contribution in [2.75, 3.05) is 18.9 Å². The Balaban J connectivity index is 2.35. The quantitative estimate of drug-likeness (QED) is 0.847. The second-order valence-corrected chi connectivity index (χ2v) is 6.01. The SMILES string of the molecule is CNCc1ccc(S(=O)(=O)Nc2ccncc2)c(OC)c1. The average molecular weight is 307 g/mol. The molecule has 2 rings (SSSR count). The minimum atomic E-state index is -3.71. The smallest absolute Gasteiger partial charge is 0.265 e. The second kappa shape index (κ2) is 6.55. The number of hydrogen-bond donors (Lipinski definition) is 2. The van der Waals surface area contributed by atoms with Crippen LogP contribution in [0.5, 0.6) is 5.75 Å². The summed E-state index contributed by atoms with van der Waals surface area (Å²) in [6.07, 6.45) is 3.04. The van der Waals surface area contributed by atoms with Crippen molar-refractivity contribution in [2.45, 2.75) is 11.4 Å². The highest BCUT2D eigenvalue weighted by Crippen LogP contribution is 2.26. The summed E-state index contributed by atoms with van der Waals surface area (Å²) >= 11 is 0. The zero-order valence-corrected chi connectivity index (χ0v) is 12.6. The number of sulfonamides is 1. The molecule has 2 aromatic rings. The van der Waals surface area contributed by atoms with Crippen molar-refractivity contribution in [3.8, 4) is 5.75 Å². The van der Waals surface area contributed by atoms with E-state index in [4.69, 9.17) is 4.74 Å². The fourth-order valence-electron chi connectivity index (χ4n) is 1.88. The van der Waals surface area contributed by atoms with Crippen molar-refractivity contribution in [1.29, 1.82) is 0 Å². The van der Waals surface area contributed by atoms with E-state index < -0.39 is 10.0 Å². The third-order valence-electron chi connectivity index (χ3n) is 2.83. The molecule has 21 heavy (non-hydrogen) atoms. The fraction of sp³-hybridized carbons (Fsp3) is 0.214. The molecule has 112 valence electrons. The van der Waals surface area contributed by atoms with E-state index in [1.165, 1.54) is 25.6 Å². The van der Waals surface area contributed by atoms with E-state index in [9.17, 15) is 8.42 Å². The highest BCUT2D eigenvalue weighted by molar-refractivity contribution is 7.92. The maximum atomic E-state index is 12.4. The summed E-state index contributed by atoms with van der Waals surface area (Å²) in [7, 11) is -0.441. The molecular weight excluding hydrogens is 290 g/mol. The lowest BCUT2D eigenvalue weighted by atomic mass is 10.2. The number of methoxy groups -OCH3 is 1. The van der Waals surface area contributed by atoms with Crippen LogP contribution in [0.15, 0.2) is 47.6 Å². The highest BCUT2D eigenvalue weighted by Gasteiger charge is 2.19. The molecule has 7 heteroatoms. The predicted molar refractivity (Wildman–Crippen MR) is 80.8 cm³/mol. The Bertz CT molecular complexity index is 703. The maximum absolute atomic E-state index is 12.4. The molecule has 0 unspecified atom stereocenters. The van der Waals surface area contributed by atoms with Gasteiger partial charge < -0.3 is 10.1 Å². The molecule has 0 aliphatic heterocycles. The zero-order chi connectivity index (χ0) is 15.3. The molecule has 0 saturated heterocycles. The lowest BCUT2D eigenvalue weighted by Gasteiger charge is -2.12. The molecule has 1 aromatic heterocycles. The molecule has 0 fully saturated rings. The van der Waals surface area contributed by atoms with E-state index in [-0.39, 0.29) is 4.90 Å². The van der Waals surface area contributed by atoms with Crippen molar-refractivity contribution in [2.24, 2.45) is 0 Å². The highest BCUT2D eigenvalue weighted by atomic mass is 32.2. The van der Waals surface area contributed by atoms with Crippen LogP contribution in [-0.2, 0) is 16.6 Å². The first-order valence-corrected chi connectivity index (χ1v) is 7.79. The van der Waals surface area contributed by atoms with E-state index >= 15 is 0 Å². The average Bonchev–Trinajstić information content (AvgIpc) is 2.48. The van der Waals surface area contributed by atoms with Crippen LogP contribution in [0.25, 0.3) is 0 Å². The van der Waals surface area contributed by atoms with Crippen LogP contribution in [0.3, 0.4) is 0 Å². The molecule has 1 aromatic carbocycles. The van der Waals surface area contributed by atoms with Crippen molar-refractivity contribution in [3.63, 3.8) is 0 Å². The summed E-state index contributed by atoms with van der Waals surface area (Å²) in [5.74, 6) is 0.310. The molecule has 0 aliphatic rings. The third kappa shape index (κ3) is 3.71. The van der Waals surface area contributed by atoms with Crippen molar-refractivity contribution in [3.05, 3.63) is 48.3 Å². The number of nitrogens with one attached hydrogen (secondary N) is 2. The van der Waals surface area contributed by atoms with Crippen molar-refractivity contribution >= 4 is 15.7 Å². The molecule has 0 spiro atoms. The minimum absolute atomic E-state index is 0.0988. The first kappa shape index (κ1) is 15.3. The number of rotatable bonds is 6. The van der Waals surface area contributed by atoms with Gasteiger partial charge in [0, 0.05) is 18.9 Å². The van der Waals surface area contributed by atoms with Crippen LogP contribution in [0.1, 0.15) is 5.56 Å². The number of hydrogen-bond acceptors (Lipinski definition) is 5. The molecular formula is C14H17N3O3S. The third-order valence-corrected chi connectivity index (χ3v) is 4.25. The topological polar surface area (TPSA) is 80.3 Å². The summed E-state index contributed by atoms with van der Waals surface area (Å²) in [6.45, 7) is 0.633. The first-order valence-electron chi connectivity index (χ1n) is 6.31. The molecule has 0 amide bonds. The summed E-state index contributed by atoms with van der Waals surface area (Å²) in [6, 6.07) is 8.16. The van der Waals surface area contributed by atoms with Crippen LogP contribution in [-0.4, -0.2) is 27.6 Å². The van der Waals surface area contributed by atoms with Gasteiger partial charge in [-0.2, -0.15) is 0 Å². The van der Waals surface area contributed by atoms with Crippen molar-refractivity contribution in [1.82, 2.24) is 10.3 Å². The lowest BCUT2D eigenvalue weighted by Crippen LogP contribution is -2.14. The van der Waals surface area contributed by atoms with Crippen LogP contribution < -0.4 is 14.8 Å². The van der Waals surface area contributed by atoms with Crippen molar-refractivity contribution < 1.29 is 13.2 Å². The van der Waals surface area contributed by atoms with Crippen LogP contribution >= 0.6 is 0 Å². The number of pyridine rings is 1. The standard InChI is InChI=1S/C14H17N3O3S/c1-15-10-11-3-4-14(13(9-11)20-2)21(18,19)17-12-5-7-16-8-6-12/h3-9,15H,10H2,1-2H3,(H,16,17). The molecule has 0 atom stereocenters. The van der Waals surface area contributed by atoms with Crippen LogP contribution in [0.2, 0.25) is 0 Å². The van der Waals surface area contributed by atoms with E-state index in [1.54, 1.807) is 24.3 Å². The van der Waals surface area contributed by atoms with E-state index in [0.717, 1.165) is 5.56 Å². The normalized spacial score (nSPS) is 11.1. The summed E-state index contributed by atoms with van der Waals surface area (Å²) < 4.78 is 32.5. The van der Waals surface area contributed by atoms with Crippen LogP contribution in [0, 0.1) is 0 Å². The summed E-state index contributed by atoms with van der Waals surface area (Å²) in [5, 5.41) is 3.01. The lowest BCUT2D eigenvalue weighted by molar-refractivity contribution is 0.402. The summed E-state index contributed by atoms with van der Waals surface area (Å²) in [4.78, 5) is 3.95. The Labute approximate surface area is 124 Å². The fourth-order valence-corrected chi connectivity index (χ4v) is 3.09. The monoisotopic (exact) mass is 307 g/mol. The zero-order valence-electron chi connectivity index (χ0n) is 11.8. The van der Waals surface area contributed by atoms with Gasteiger partial charge in [-0.15, -0.1) is 0 Å². The Morgan fingerprint density at radius 1 is 1.19 bits per heavy atom. The molecule has 0 aliphatic carbocycles.